The summed E-state index contributed by atoms with van der Waals surface area (Å²) in [6.45, 7) is 2.90. The highest BCUT2D eigenvalue weighted by molar-refractivity contribution is 5.34. The predicted molar refractivity (Wildman–Crippen MR) is 82.1 cm³/mol. The molecule has 3 rings (SSSR count). The standard InChI is InChI=1S/C16H19N5/c1(9-20-10-7-18-13-20)6-17-12-15-2-4-16(5-3-15)21-11-8-19-14-21/h2-5,7-8,10-11,13-14,17H,1,6,9,12H2. The van der Waals surface area contributed by atoms with Gasteiger partial charge in [-0.2, -0.15) is 0 Å². The lowest BCUT2D eigenvalue weighted by atomic mass is 10.2. The normalized spacial score (nSPS) is 10.9. The minimum Gasteiger partial charge on any atom is -0.337 e. The van der Waals surface area contributed by atoms with E-state index < -0.39 is 0 Å². The zero-order valence-electron chi connectivity index (χ0n) is 11.9. The van der Waals surface area contributed by atoms with Crippen molar-refractivity contribution in [3.63, 3.8) is 0 Å². The van der Waals surface area contributed by atoms with Crippen LogP contribution in [-0.2, 0) is 13.1 Å². The van der Waals surface area contributed by atoms with E-state index in [0.29, 0.717) is 0 Å². The lowest BCUT2D eigenvalue weighted by Gasteiger charge is -2.07. The Kier molecular flexibility index (Phi) is 4.43. The zero-order valence-corrected chi connectivity index (χ0v) is 11.9. The average molecular weight is 281 g/mol. The van der Waals surface area contributed by atoms with Crippen molar-refractivity contribution in [2.75, 3.05) is 6.54 Å². The van der Waals surface area contributed by atoms with E-state index in [0.717, 1.165) is 31.7 Å². The molecule has 0 unspecified atom stereocenters. The molecule has 0 aliphatic rings. The number of rotatable bonds is 7. The average Bonchev–Trinajstić information content (AvgIpc) is 3.21. The Bertz CT molecular complexity index is 626. The highest BCUT2D eigenvalue weighted by Gasteiger charge is 1.97. The van der Waals surface area contributed by atoms with Gasteiger partial charge in [0.25, 0.3) is 0 Å². The topological polar surface area (TPSA) is 47.7 Å². The van der Waals surface area contributed by atoms with Crippen molar-refractivity contribution in [3.8, 4) is 5.69 Å². The van der Waals surface area contributed by atoms with Gasteiger partial charge in [-0.25, -0.2) is 9.97 Å². The molecule has 1 N–H and O–H groups in total. The Balaban J connectivity index is 1.41. The quantitative estimate of drug-likeness (QED) is 0.676. The van der Waals surface area contributed by atoms with E-state index in [1.807, 2.05) is 35.8 Å². The van der Waals surface area contributed by atoms with Gasteiger partial charge in [-0.15, -0.1) is 0 Å². The Morgan fingerprint density at radius 1 is 0.952 bits per heavy atom. The molecule has 0 atom stereocenters. The predicted octanol–water partition coefficient (Wildman–Crippen LogP) is 2.25. The van der Waals surface area contributed by atoms with E-state index in [9.17, 15) is 0 Å². The van der Waals surface area contributed by atoms with Gasteiger partial charge in [0.05, 0.1) is 12.7 Å². The summed E-state index contributed by atoms with van der Waals surface area (Å²) >= 11 is 0. The molecule has 0 saturated heterocycles. The third-order valence-electron chi connectivity index (χ3n) is 3.40. The fraction of sp³-hybridized carbons (Fsp3) is 0.250. The SMILES string of the molecule is c1cn(CCCNCc2ccc(-n3ccnc3)cc2)cn1. The van der Waals surface area contributed by atoms with Gasteiger partial charge < -0.3 is 14.5 Å². The summed E-state index contributed by atoms with van der Waals surface area (Å²) in [4.78, 5) is 8.09. The molecule has 0 aliphatic heterocycles. The van der Waals surface area contributed by atoms with E-state index in [2.05, 4.69) is 44.1 Å². The number of hydrogen-bond donors (Lipinski definition) is 1. The van der Waals surface area contributed by atoms with Gasteiger partial charge in [0.15, 0.2) is 0 Å². The van der Waals surface area contributed by atoms with Crippen LogP contribution < -0.4 is 5.32 Å². The number of aryl methyl sites for hydroxylation is 1. The minimum atomic E-state index is 0.897. The second-order valence-electron chi connectivity index (χ2n) is 4.97. The molecule has 0 amide bonds. The first-order valence-electron chi connectivity index (χ1n) is 7.15. The fourth-order valence-corrected chi connectivity index (χ4v) is 2.24. The van der Waals surface area contributed by atoms with Crippen molar-refractivity contribution >= 4 is 0 Å². The Hall–Kier alpha value is -2.40. The first-order valence-corrected chi connectivity index (χ1v) is 7.15. The van der Waals surface area contributed by atoms with Crippen molar-refractivity contribution in [1.29, 1.82) is 0 Å². The van der Waals surface area contributed by atoms with Crippen molar-refractivity contribution in [3.05, 3.63) is 67.3 Å². The summed E-state index contributed by atoms with van der Waals surface area (Å²) in [5, 5.41) is 3.47. The molecule has 0 aliphatic carbocycles. The third kappa shape index (κ3) is 3.79. The highest BCUT2D eigenvalue weighted by Crippen LogP contribution is 2.09. The number of imidazole rings is 2. The second kappa shape index (κ2) is 6.85. The lowest BCUT2D eigenvalue weighted by Crippen LogP contribution is -2.16. The third-order valence-corrected chi connectivity index (χ3v) is 3.40. The van der Waals surface area contributed by atoms with E-state index in [4.69, 9.17) is 0 Å². The Morgan fingerprint density at radius 3 is 2.48 bits per heavy atom. The summed E-state index contributed by atoms with van der Waals surface area (Å²) in [6, 6.07) is 8.53. The van der Waals surface area contributed by atoms with Crippen molar-refractivity contribution in [2.24, 2.45) is 0 Å². The van der Waals surface area contributed by atoms with Crippen LogP contribution in [0.5, 0.6) is 0 Å². The molecule has 0 radical (unpaired) electrons. The first kappa shape index (κ1) is 13.6. The van der Waals surface area contributed by atoms with Crippen molar-refractivity contribution in [1.82, 2.24) is 24.4 Å². The fourth-order valence-electron chi connectivity index (χ4n) is 2.24. The van der Waals surface area contributed by atoms with Crippen LogP contribution in [0.3, 0.4) is 0 Å². The van der Waals surface area contributed by atoms with Crippen LogP contribution in [0.15, 0.2) is 61.7 Å². The monoisotopic (exact) mass is 281 g/mol. The summed E-state index contributed by atoms with van der Waals surface area (Å²) in [5.41, 5.74) is 2.43. The number of aromatic nitrogens is 4. The minimum absolute atomic E-state index is 0.897. The van der Waals surface area contributed by atoms with Crippen LogP contribution in [-0.4, -0.2) is 25.6 Å². The van der Waals surface area contributed by atoms with E-state index >= 15 is 0 Å². The molecule has 21 heavy (non-hydrogen) atoms. The number of hydrogen-bond acceptors (Lipinski definition) is 3. The molecule has 3 aromatic rings. The smallest absolute Gasteiger partial charge is 0.0991 e. The maximum absolute atomic E-state index is 4.06. The summed E-state index contributed by atoms with van der Waals surface area (Å²) in [5.74, 6) is 0. The molecule has 0 spiro atoms. The van der Waals surface area contributed by atoms with Gasteiger partial charge in [0, 0.05) is 43.6 Å². The van der Waals surface area contributed by atoms with Gasteiger partial charge in [-0.05, 0) is 30.7 Å². The molecule has 108 valence electrons. The Morgan fingerprint density at radius 2 is 1.76 bits per heavy atom. The number of nitrogens with zero attached hydrogens (tertiary/aromatic N) is 4. The molecule has 0 bridgehead atoms. The summed E-state index contributed by atoms with van der Waals surface area (Å²) in [7, 11) is 0. The molecule has 5 heteroatoms. The molecule has 0 fully saturated rings. The molecule has 2 aromatic heterocycles. The largest absolute Gasteiger partial charge is 0.337 e. The molecule has 2 heterocycles. The van der Waals surface area contributed by atoms with Crippen LogP contribution in [0.4, 0.5) is 0 Å². The van der Waals surface area contributed by atoms with Gasteiger partial charge in [-0.3, -0.25) is 0 Å². The van der Waals surface area contributed by atoms with Crippen LogP contribution >= 0.6 is 0 Å². The van der Waals surface area contributed by atoms with Crippen LogP contribution in [0.2, 0.25) is 0 Å². The van der Waals surface area contributed by atoms with Crippen LogP contribution in [0.1, 0.15) is 12.0 Å². The highest BCUT2D eigenvalue weighted by atomic mass is 15.0. The Labute approximate surface area is 124 Å². The van der Waals surface area contributed by atoms with E-state index in [-0.39, 0.29) is 0 Å². The van der Waals surface area contributed by atoms with Gasteiger partial charge in [0.2, 0.25) is 0 Å². The van der Waals surface area contributed by atoms with Gasteiger partial charge >= 0.3 is 0 Å². The van der Waals surface area contributed by atoms with E-state index in [1.165, 1.54) is 5.56 Å². The number of nitrogens with one attached hydrogen (secondary N) is 1. The molecular weight excluding hydrogens is 262 g/mol. The van der Waals surface area contributed by atoms with Crippen molar-refractivity contribution < 1.29 is 0 Å². The van der Waals surface area contributed by atoms with Crippen LogP contribution in [0, 0.1) is 0 Å². The maximum atomic E-state index is 4.06. The molecular formula is C16H19N5. The first-order chi connectivity index (χ1) is 10.4. The molecule has 5 nitrogen and oxygen atoms in total. The van der Waals surface area contributed by atoms with Crippen molar-refractivity contribution in [2.45, 2.75) is 19.5 Å². The van der Waals surface area contributed by atoms with Gasteiger partial charge in [0.1, 0.15) is 0 Å². The summed E-state index contributed by atoms with van der Waals surface area (Å²) in [6.07, 6.45) is 12.3. The second-order valence-corrected chi connectivity index (χ2v) is 4.97. The lowest BCUT2D eigenvalue weighted by molar-refractivity contribution is 0.581. The summed E-state index contributed by atoms with van der Waals surface area (Å²) < 4.78 is 4.10. The maximum Gasteiger partial charge on any atom is 0.0991 e. The molecule has 1 aromatic carbocycles. The molecule has 0 saturated carbocycles. The van der Waals surface area contributed by atoms with E-state index in [1.54, 1.807) is 6.20 Å². The number of benzene rings is 1. The van der Waals surface area contributed by atoms with Crippen LogP contribution in [0.25, 0.3) is 5.69 Å². The van der Waals surface area contributed by atoms with Gasteiger partial charge in [-0.1, -0.05) is 12.1 Å². The zero-order chi connectivity index (χ0) is 14.3.